The quantitative estimate of drug-likeness (QED) is 0.708. The summed E-state index contributed by atoms with van der Waals surface area (Å²) in [7, 11) is -1.33. The van der Waals surface area contributed by atoms with Crippen LogP contribution in [0.5, 0.6) is 0 Å². The van der Waals surface area contributed by atoms with E-state index in [4.69, 9.17) is 11.5 Å². The van der Waals surface area contributed by atoms with Crippen LogP contribution in [0.1, 0.15) is 9.67 Å². The first-order chi connectivity index (χ1) is 9.99. The first-order valence-corrected chi connectivity index (χ1v) is 9.06. The molecule has 0 aliphatic rings. The molecule has 1 atom stereocenters. The van der Waals surface area contributed by atoms with Crippen molar-refractivity contribution in [3.63, 3.8) is 0 Å². The Balaban J connectivity index is 2.42. The summed E-state index contributed by atoms with van der Waals surface area (Å²) in [6.07, 6.45) is 1.50. The summed E-state index contributed by atoms with van der Waals surface area (Å²) in [6, 6.07) is 1.88. The van der Waals surface area contributed by atoms with Gasteiger partial charge in [-0.25, -0.2) is 9.97 Å². The van der Waals surface area contributed by atoms with Crippen molar-refractivity contribution in [1.29, 1.82) is 0 Å². The SMILES string of the molecule is CS(=O)c1nc(-c2ccsc2)c2c(N)c(C(N)=O)sc2n1. The van der Waals surface area contributed by atoms with Crippen molar-refractivity contribution in [3.8, 4) is 11.3 Å². The number of fused-ring (bicyclic) bond motifs is 1. The third kappa shape index (κ3) is 2.33. The van der Waals surface area contributed by atoms with Crippen LogP contribution in [0.2, 0.25) is 0 Å². The largest absolute Gasteiger partial charge is 0.397 e. The zero-order chi connectivity index (χ0) is 15.1. The van der Waals surface area contributed by atoms with Gasteiger partial charge in [0.15, 0.2) is 0 Å². The Bertz CT molecular complexity index is 870. The van der Waals surface area contributed by atoms with Crippen LogP contribution in [0.25, 0.3) is 21.5 Å². The molecule has 1 amide bonds. The lowest BCUT2D eigenvalue weighted by molar-refractivity contribution is 0.100. The van der Waals surface area contributed by atoms with Crippen molar-refractivity contribution in [2.75, 3.05) is 12.0 Å². The van der Waals surface area contributed by atoms with Gasteiger partial charge in [-0.05, 0) is 11.4 Å². The number of primary amides is 1. The van der Waals surface area contributed by atoms with Crippen LogP contribution in [0.4, 0.5) is 5.69 Å². The zero-order valence-electron chi connectivity index (χ0n) is 10.8. The summed E-state index contributed by atoms with van der Waals surface area (Å²) in [5, 5.41) is 4.61. The fourth-order valence-corrected chi connectivity index (χ4v) is 4.01. The number of anilines is 1. The second-order valence-electron chi connectivity index (χ2n) is 4.21. The second kappa shape index (κ2) is 5.17. The summed E-state index contributed by atoms with van der Waals surface area (Å²) >= 11 is 2.60. The maximum Gasteiger partial charge on any atom is 0.260 e. The van der Waals surface area contributed by atoms with Gasteiger partial charge in [-0.2, -0.15) is 11.3 Å². The Morgan fingerprint density at radius 3 is 2.71 bits per heavy atom. The molecule has 0 aliphatic heterocycles. The number of nitrogens with two attached hydrogens (primary N) is 2. The van der Waals surface area contributed by atoms with Crippen molar-refractivity contribution in [3.05, 3.63) is 21.7 Å². The van der Waals surface area contributed by atoms with Crippen LogP contribution in [0.15, 0.2) is 22.0 Å². The van der Waals surface area contributed by atoms with Crippen molar-refractivity contribution in [2.24, 2.45) is 5.73 Å². The van der Waals surface area contributed by atoms with E-state index in [-0.39, 0.29) is 15.7 Å². The van der Waals surface area contributed by atoms with E-state index >= 15 is 0 Å². The summed E-state index contributed by atoms with van der Waals surface area (Å²) < 4.78 is 11.7. The van der Waals surface area contributed by atoms with Gasteiger partial charge in [0.1, 0.15) is 9.71 Å². The van der Waals surface area contributed by atoms with E-state index in [9.17, 15) is 9.00 Å². The molecule has 0 aliphatic carbocycles. The molecule has 21 heavy (non-hydrogen) atoms. The average molecular weight is 338 g/mol. The average Bonchev–Trinajstić information content (AvgIpc) is 3.06. The lowest BCUT2D eigenvalue weighted by Gasteiger charge is -2.03. The maximum absolute atomic E-state index is 11.7. The Labute approximate surface area is 130 Å². The molecule has 0 fully saturated rings. The minimum atomic E-state index is -1.33. The van der Waals surface area contributed by atoms with Crippen molar-refractivity contribution in [1.82, 2.24) is 9.97 Å². The smallest absolute Gasteiger partial charge is 0.260 e. The zero-order valence-corrected chi connectivity index (χ0v) is 13.3. The van der Waals surface area contributed by atoms with E-state index < -0.39 is 16.7 Å². The van der Waals surface area contributed by atoms with Crippen LogP contribution in [-0.2, 0) is 10.8 Å². The lowest BCUT2D eigenvalue weighted by Crippen LogP contribution is -2.10. The van der Waals surface area contributed by atoms with Crippen LogP contribution >= 0.6 is 22.7 Å². The monoisotopic (exact) mass is 338 g/mol. The van der Waals surface area contributed by atoms with Gasteiger partial charge in [-0.1, -0.05) is 0 Å². The molecule has 3 aromatic heterocycles. The summed E-state index contributed by atoms with van der Waals surface area (Å²) in [6.45, 7) is 0. The third-order valence-electron chi connectivity index (χ3n) is 2.84. The Morgan fingerprint density at radius 1 is 1.38 bits per heavy atom. The number of thiophene rings is 2. The normalized spacial score (nSPS) is 12.6. The van der Waals surface area contributed by atoms with Gasteiger partial charge >= 0.3 is 0 Å². The number of amides is 1. The van der Waals surface area contributed by atoms with E-state index in [0.29, 0.717) is 15.9 Å². The maximum atomic E-state index is 11.7. The highest BCUT2D eigenvalue weighted by Gasteiger charge is 2.21. The molecule has 4 N–H and O–H groups in total. The molecule has 3 aromatic rings. The molecular formula is C12H10N4O2S3. The van der Waals surface area contributed by atoms with Crippen LogP contribution in [-0.4, -0.2) is 26.3 Å². The van der Waals surface area contributed by atoms with Gasteiger partial charge in [-0.3, -0.25) is 9.00 Å². The first kappa shape index (κ1) is 14.1. The van der Waals surface area contributed by atoms with E-state index in [2.05, 4.69) is 9.97 Å². The highest BCUT2D eigenvalue weighted by molar-refractivity contribution is 7.84. The van der Waals surface area contributed by atoms with Gasteiger partial charge < -0.3 is 11.5 Å². The Morgan fingerprint density at radius 2 is 2.14 bits per heavy atom. The van der Waals surface area contributed by atoms with E-state index in [1.54, 1.807) is 0 Å². The van der Waals surface area contributed by atoms with Crippen molar-refractivity contribution >= 4 is 55.3 Å². The predicted molar refractivity (Wildman–Crippen MR) is 86.0 cm³/mol. The molecule has 9 heteroatoms. The number of aromatic nitrogens is 2. The molecule has 0 saturated heterocycles. The fraction of sp³-hybridized carbons (Fsp3) is 0.0833. The highest BCUT2D eigenvalue weighted by Crippen LogP contribution is 2.38. The first-order valence-electron chi connectivity index (χ1n) is 5.75. The van der Waals surface area contributed by atoms with E-state index in [0.717, 1.165) is 16.9 Å². The minimum Gasteiger partial charge on any atom is -0.397 e. The molecule has 3 heterocycles. The molecule has 6 nitrogen and oxygen atoms in total. The molecule has 1 unspecified atom stereocenters. The molecule has 3 rings (SSSR count). The van der Waals surface area contributed by atoms with Crippen molar-refractivity contribution < 1.29 is 9.00 Å². The van der Waals surface area contributed by atoms with Gasteiger partial charge in [0.2, 0.25) is 5.16 Å². The number of carbonyl (C=O) groups excluding carboxylic acids is 1. The molecule has 0 spiro atoms. The van der Waals surface area contributed by atoms with Crippen LogP contribution < -0.4 is 11.5 Å². The standard InChI is InChI=1S/C12H10N4O2S3/c1-21(18)12-15-8(5-2-3-19-4-5)6-7(13)9(10(14)17)20-11(6)16-12/h2-4H,13H2,1H3,(H2,14,17). The summed E-state index contributed by atoms with van der Waals surface area (Å²) in [5.41, 5.74) is 13.1. The number of hydrogen-bond donors (Lipinski definition) is 2. The second-order valence-corrected chi connectivity index (χ2v) is 7.26. The third-order valence-corrected chi connectivity index (χ3v) is 5.34. The number of hydrogen-bond acceptors (Lipinski definition) is 7. The van der Waals surface area contributed by atoms with Gasteiger partial charge in [-0.15, -0.1) is 11.3 Å². The Hall–Kier alpha value is -1.84. The number of carbonyl (C=O) groups is 1. The van der Waals surface area contributed by atoms with Gasteiger partial charge in [0, 0.05) is 17.2 Å². The Kier molecular flexibility index (Phi) is 3.47. The van der Waals surface area contributed by atoms with Gasteiger partial charge in [0.25, 0.3) is 5.91 Å². The van der Waals surface area contributed by atoms with Gasteiger partial charge in [0.05, 0.1) is 27.6 Å². The van der Waals surface area contributed by atoms with Crippen LogP contribution in [0, 0.1) is 0 Å². The topological polar surface area (TPSA) is 112 Å². The molecule has 0 saturated carbocycles. The number of nitrogens with zero attached hydrogens (tertiary/aromatic N) is 2. The molecule has 0 bridgehead atoms. The molecule has 0 radical (unpaired) electrons. The number of nitrogen functional groups attached to an aromatic ring is 1. The van der Waals surface area contributed by atoms with E-state index in [1.807, 2.05) is 16.8 Å². The minimum absolute atomic E-state index is 0.209. The molecule has 108 valence electrons. The molecule has 0 aromatic carbocycles. The lowest BCUT2D eigenvalue weighted by atomic mass is 10.1. The number of rotatable bonds is 3. The summed E-state index contributed by atoms with van der Waals surface area (Å²) in [4.78, 5) is 20.8. The highest BCUT2D eigenvalue weighted by atomic mass is 32.2. The van der Waals surface area contributed by atoms with E-state index in [1.165, 1.54) is 17.6 Å². The fourth-order valence-electron chi connectivity index (χ4n) is 1.92. The van der Waals surface area contributed by atoms with Crippen molar-refractivity contribution in [2.45, 2.75) is 5.16 Å². The summed E-state index contributed by atoms with van der Waals surface area (Å²) in [5.74, 6) is -0.606. The predicted octanol–water partition coefficient (Wildman–Crippen LogP) is 1.84. The molecular weight excluding hydrogens is 328 g/mol. The van der Waals surface area contributed by atoms with Crippen LogP contribution in [0.3, 0.4) is 0 Å².